The van der Waals surface area contributed by atoms with Crippen LogP contribution < -0.4 is 5.73 Å². The Morgan fingerprint density at radius 3 is 2.65 bits per heavy atom. The van der Waals surface area contributed by atoms with Crippen LogP contribution in [0.15, 0.2) is 18.2 Å². The van der Waals surface area contributed by atoms with E-state index in [1.807, 2.05) is 18.2 Å². The van der Waals surface area contributed by atoms with E-state index in [0.717, 1.165) is 16.8 Å². The van der Waals surface area contributed by atoms with Gasteiger partial charge in [0.25, 0.3) is 10.2 Å². The van der Waals surface area contributed by atoms with Crippen LogP contribution in [-0.2, 0) is 23.2 Å². The molecule has 94 valence electrons. The molecule has 1 aliphatic rings. The molecule has 0 bridgehead atoms. The summed E-state index contributed by atoms with van der Waals surface area (Å²) in [5.41, 5.74) is 8.63. The van der Waals surface area contributed by atoms with E-state index in [1.165, 1.54) is 8.61 Å². The lowest BCUT2D eigenvalue weighted by Gasteiger charge is -2.30. The van der Waals surface area contributed by atoms with Crippen molar-refractivity contribution in [2.24, 2.45) is 0 Å². The van der Waals surface area contributed by atoms with Gasteiger partial charge in [0.1, 0.15) is 0 Å². The Labute approximate surface area is 102 Å². The average Bonchev–Trinajstić information content (AvgIpc) is 2.28. The Morgan fingerprint density at radius 1 is 1.29 bits per heavy atom. The molecule has 0 saturated carbocycles. The van der Waals surface area contributed by atoms with Gasteiger partial charge in [0.05, 0.1) is 0 Å². The van der Waals surface area contributed by atoms with Crippen molar-refractivity contribution in [3.05, 3.63) is 29.3 Å². The molecule has 1 aliphatic heterocycles. The first-order chi connectivity index (χ1) is 7.91. The van der Waals surface area contributed by atoms with Gasteiger partial charge in [0.15, 0.2) is 0 Å². The fourth-order valence-corrected chi connectivity index (χ4v) is 3.06. The quantitative estimate of drug-likeness (QED) is 0.779. The molecule has 1 heterocycles. The number of hydrogen-bond acceptors (Lipinski definition) is 3. The Hall–Kier alpha value is -1.11. The van der Waals surface area contributed by atoms with Crippen LogP contribution in [-0.4, -0.2) is 37.7 Å². The van der Waals surface area contributed by atoms with Crippen LogP contribution in [0.2, 0.25) is 0 Å². The van der Waals surface area contributed by atoms with E-state index >= 15 is 0 Å². The predicted molar refractivity (Wildman–Crippen MR) is 67.6 cm³/mol. The van der Waals surface area contributed by atoms with Crippen molar-refractivity contribution in [1.29, 1.82) is 0 Å². The van der Waals surface area contributed by atoms with E-state index in [-0.39, 0.29) is 0 Å². The van der Waals surface area contributed by atoms with Crippen LogP contribution in [0.1, 0.15) is 11.1 Å². The molecule has 2 rings (SSSR count). The Balaban J connectivity index is 2.28. The van der Waals surface area contributed by atoms with Crippen LogP contribution in [0, 0.1) is 0 Å². The molecule has 0 aliphatic carbocycles. The summed E-state index contributed by atoms with van der Waals surface area (Å²) in [6, 6.07) is 5.64. The molecule has 0 saturated heterocycles. The van der Waals surface area contributed by atoms with E-state index in [9.17, 15) is 8.42 Å². The first kappa shape index (κ1) is 12.3. The maximum atomic E-state index is 12.0. The van der Waals surface area contributed by atoms with Gasteiger partial charge in [0.2, 0.25) is 0 Å². The molecular weight excluding hydrogens is 238 g/mol. The lowest BCUT2D eigenvalue weighted by atomic mass is 10.0. The number of anilines is 1. The summed E-state index contributed by atoms with van der Waals surface area (Å²) in [5.74, 6) is 0. The summed E-state index contributed by atoms with van der Waals surface area (Å²) in [4.78, 5) is 0. The Kier molecular flexibility index (Phi) is 3.11. The molecule has 0 unspecified atom stereocenters. The SMILES string of the molecule is CN(C)S(=O)(=O)N1CCc2cc(N)ccc2C1. The van der Waals surface area contributed by atoms with Gasteiger partial charge in [0, 0.05) is 32.9 Å². The van der Waals surface area contributed by atoms with Crippen LogP contribution in [0.3, 0.4) is 0 Å². The van der Waals surface area contributed by atoms with Crippen LogP contribution >= 0.6 is 0 Å². The first-order valence-corrected chi connectivity index (χ1v) is 6.86. The predicted octanol–water partition coefficient (Wildman–Crippen LogP) is 0.433. The van der Waals surface area contributed by atoms with Gasteiger partial charge >= 0.3 is 0 Å². The Morgan fingerprint density at radius 2 is 2.00 bits per heavy atom. The van der Waals surface area contributed by atoms with E-state index in [2.05, 4.69) is 0 Å². The van der Waals surface area contributed by atoms with Crippen molar-refractivity contribution in [3.8, 4) is 0 Å². The van der Waals surface area contributed by atoms with Crippen molar-refractivity contribution >= 4 is 15.9 Å². The fraction of sp³-hybridized carbons (Fsp3) is 0.455. The van der Waals surface area contributed by atoms with Crippen molar-refractivity contribution in [2.75, 3.05) is 26.4 Å². The zero-order valence-corrected chi connectivity index (χ0v) is 10.9. The topological polar surface area (TPSA) is 66.6 Å². The first-order valence-electron chi connectivity index (χ1n) is 5.46. The van der Waals surface area contributed by atoms with Gasteiger partial charge in [-0.15, -0.1) is 0 Å². The minimum Gasteiger partial charge on any atom is -0.399 e. The molecule has 0 fully saturated rings. The maximum absolute atomic E-state index is 12.0. The number of fused-ring (bicyclic) bond motifs is 1. The molecular formula is C11H17N3O2S. The molecule has 1 aromatic rings. The van der Waals surface area contributed by atoms with E-state index < -0.39 is 10.2 Å². The highest BCUT2D eigenvalue weighted by molar-refractivity contribution is 7.86. The van der Waals surface area contributed by atoms with Gasteiger partial charge < -0.3 is 5.73 Å². The molecule has 1 aromatic carbocycles. The molecule has 0 atom stereocenters. The number of nitrogen functional groups attached to an aromatic ring is 1. The third kappa shape index (κ3) is 2.29. The normalized spacial score (nSPS) is 17.1. The molecule has 2 N–H and O–H groups in total. The lowest BCUT2D eigenvalue weighted by Crippen LogP contribution is -2.42. The molecule has 6 heteroatoms. The summed E-state index contributed by atoms with van der Waals surface area (Å²) in [6.07, 6.45) is 0.716. The molecule has 17 heavy (non-hydrogen) atoms. The summed E-state index contributed by atoms with van der Waals surface area (Å²) >= 11 is 0. The van der Waals surface area contributed by atoms with Gasteiger partial charge in [-0.2, -0.15) is 17.0 Å². The number of nitrogens with zero attached hydrogens (tertiary/aromatic N) is 2. The van der Waals surface area contributed by atoms with Crippen LogP contribution in [0.5, 0.6) is 0 Å². The second kappa shape index (κ2) is 4.29. The molecule has 0 amide bonds. The second-order valence-electron chi connectivity index (χ2n) is 4.40. The van der Waals surface area contributed by atoms with Crippen LogP contribution in [0.4, 0.5) is 5.69 Å². The third-order valence-corrected chi connectivity index (χ3v) is 4.88. The van der Waals surface area contributed by atoms with E-state index in [1.54, 1.807) is 14.1 Å². The molecule has 0 spiro atoms. The second-order valence-corrected chi connectivity index (χ2v) is 6.54. The Bertz CT molecular complexity index is 526. The lowest BCUT2D eigenvalue weighted by molar-refractivity contribution is 0.358. The highest BCUT2D eigenvalue weighted by Crippen LogP contribution is 2.23. The smallest absolute Gasteiger partial charge is 0.281 e. The fourth-order valence-electron chi connectivity index (χ4n) is 1.97. The number of hydrogen-bond donors (Lipinski definition) is 1. The summed E-state index contributed by atoms with van der Waals surface area (Å²) in [5, 5.41) is 0. The monoisotopic (exact) mass is 255 g/mol. The van der Waals surface area contributed by atoms with Crippen molar-refractivity contribution in [3.63, 3.8) is 0 Å². The number of rotatable bonds is 2. The van der Waals surface area contributed by atoms with Gasteiger partial charge in [-0.05, 0) is 29.7 Å². The highest BCUT2D eigenvalue weighted by atomic mass is 32.2. The average molecular weight is 255 g/mol. The number of nitrogens with two attached hydrogens (primary N) is 1. The standard InChI is InChI=1S/C11H17N3O2S/c1-13(2)17(15,16)14-6-5-9-7-11(12)4-3-10(9)8-14/h3-4,7H,5-6,8,12H2,1-2H3. The minimum atomic E-state index is -3.32. The van der Waals surface area contributed by atoms with Crippen molar-refractivity contribution in [1.82, 2.24) is 8.61 Å². The molecule has 0 radical (unpaired) electrons. The van der Waals surface area contributed by atoms with Crippen molar-refractivity contribution < 1.29 is 8.42 Å². The number of benzene rings is 1. The van der Waals surface area contributed by atoms with Crippen molar-refractivity contribution in [2.45, 2.75) is 13.0 Å². The highest BCUT2D eigenvalue weighted by Gasteiger charge is 2.28. The van der Waals surface area contributed by atoms with Gasteiger partial charge in [-0.1, -0.05) is 6.07 Å². The van der Waals surface area contributed by atoms with Gasteiger partial charge in [-0.3, -0.25) is 0 Å². The third-order valence-electron chi connectivity index (χ3n) is 3.00. The minimum absolute atomic E-state index is 0.427. The summed E-state index contributed by atoms with van der Waals surface area (Å²) < 4.78 is 26.7. The zero-order valence-electron chi connectivity index (χ0n) is 10.0. The largest absolute Gasteiger partial charge is 0.399 e. The van der Waals surface area contributed by atoms with E-state index in [0.29, 0.717) is 19.5 Å². The molecule has 0 aromatic heterocycles. The summed E-state index contributed by atoms with van der Waals surface area (Å²) in [7, 11) is -0.218. The summed E-state index contributed by atoms with van der Waals surface area (Å²) in [6.45, 7) is 0.938. The van der Waals surface area contributed by atoms with Gasteiger partial charge in [-0.25, -0.2) is 0 Å². The maximum Gasteiger partial charge on any atom is 0.281 e. The van der Waals surface area contributed by atoms with Crippen LogP contribution in [0.25, 0.3) is 0 Å². The molecule has 5 nitrogen and oxygen atoms in total. The zero-order chi connectivity index (χ0) is 12.6. The van der Waals surface area contributed by atoms with E-state index in [4.69, 9.17) is 5.73 Å².